The third-order valence-corrected chi connectivity index (χ3v) is 3.88. The lowest BCUT2D eigenvalue weighted by molar-refractivity contribution is 0.472. The van der Waals surface area contributed by atoms with Crippen LogP contribution in [0.4, 0.5) is 0 Å². The van der Waals surface area contributed by atoms with Crippen LogP contribution in [0.15, 0.2) is 35.3 Å². The van der Waals surface area contributed by atoms with Crippen molar-refractivity contribution < 1.29 is 0 Å². The van der Waals surface area contributed by atoms with Gasteiger partial charge < -0.3 is 11.1 Å². The number of benzene rings is 1. The molecule has 1 aromatic carbocycles. The molecule has 2 rings (SSSR count). The van der Waals surface area contributed by atoms with E-state index in [-0.39, 0.29) is 24.0 Å². The summed E-state index contributed by atoms with van der Waals surface area (Å²) in [6.45, 7) is 3.98. The highest BCUT2D eigenvalue weighted by atomic mass is 127. The van der Waals surface area contributed by atoms with Crippen molar-refractivity contribution >= 4 is 29.9 Å². The average molecular weight is 387 g/mol. The molecule has 0 bridgehead atoms. The SMILES string of the molecule is CCCC1(CN=C(N)NCCc2ccccc2)CC1.I. The van der Waals surface area contributed by atoms with Gasteiger partial charge in [0.15, 0.2) is 5.96 Å². The van der Waals surface area contributed by atoms with Gasteiger partial charge in [0, 0.05) is 13.1 Å². The predicted octanol–water partition coefficient (Wildman–Crippen LogP) is 3.33. The minimum atomic E-state index is 0. The van der Waals surface area contributed by atoms with Crippen LogP contribution in [0.5, 0.6) is 0 Å². The summed E-state index contributed by atoms with van der Waals surface area (Å²) in [5, 5.41) is 3.20. The van der Waals surface area contributed by atoms with Crippen molar-refractivity contribution in [3.63, 3.8) is 0 Å². The Morgan fingerprint density at radius 3 is 2.60 bits per heavy atom. The minimum Gasteiger partial charge on any atom is -0.370 e. The maximum Gasteiger partial charge on any atom is 0.188 e. The number of aliphatic imine (C=N–C) groups is 1. The lowest BCUT2D eigenvalue weighted by atomic mass is 10.0. The zero-order valence-electron chi connectivity index (χ0n) is 12.3. The van der Waals surface area contributed by atoms with E-state index in [0.717, 1.165) is 19.5 Å². The molecule has 1 aliphatic rings. The second-order valence-electron chi connectivity index (χ2n) is 5.61. The largest absolute Gasteiger partial charge is 0.370 e. The van der Waals surface area contributed by atoms with Gasteiger partial charge in [0.05, 0.1) is 0 Å². The highest BCUT2D eigenvalue weighted by molar-refractivity contribution is 14.0. The number of halogens is 1. The topological polar surface area (TPSA) is 50.4 Å². The van der Waals surface area contributed by atoms with Gasteiger partial charge in [0.1, 0.15) is 0 Å². The summed E-state index contributed by atoms with van der Waals surface area (Å²) in [4.78, 5) is 4.49. The molecule has 0 heterocycles. The average Bonchev–Trinajstić information content (AvgIpc) is 3.19. The van der Waals surface area contributed by atoms with Crippen LogP contribution in [0, 0.1) is 5.41 Å². The Labute approximate surface area is 139 Å². The third kappa shape index (κ3) is 5.69. The van der Waals surface area contributed by atoms with Crippen LogP contribution in [0.1, 0.15) is 38.2 Å². The van der Waals surface area contributed by atoms with Gasteiger partial charge in [-0.1, -0.05) is 43.7 Å². The highest BCUT2D eigenvalue weighted by Crippen LogP contribution is 2.49. The van der Waals surface area contributed by atoms with Crippen LogP contribution in [0.25, 0.3) is 0 Å². The summed E-state index contributed by atoms with van der Waals surface area (Å²) in [6, 6.07) is 10.4. The molecule has 0 amide bonds. The first kappa shape index (κ1) is 17.3. The fourth-order valence-corrected chi connectivity index (χ4v) is 2.48. The summed E-state index contributed by atoms with van der Waals surface area (Å²) in [6.07, 6.45) is 6.16. The zero-order valence-corrected chi connectivity index (χ0v) is 14.6. The van der Waals surface area contributed by atoms with E-state index in [1.54, 1.807) is 0 Å². The van der Waals surface area contributed by atoms with Crippen LogP contribution < -0.4 is 11.1 Å². The van der Waals surface area contributed by atoms with E-state index in [4.69, 9.17) is 5.73 Å². The molecule has 112 valence electrons. The van der Waals surface area contributed by atoms with Crippen LogP contribution in [0.2, 0.25) is 0 Å². The number of hydrogen-bond donors (Lipinski definition) is 2. The molecular formula is C16H26IN3. The maximum atomic E-state index is 5.91. The third-order valence-electron chi connectivity index (χ3n) is 3.88. The molecule has 3 N–H and O–H groups in total. The van der Waals surface area contributed by atoms with Gasteiger partial charge in [0.25, 0.3) is 0 Å². The fraction of sp³-hybridized carbons (Fsp3) is 0.562. The Kier molecular flexibility index (Phi) is 7.34. The maximum absolute atomic E-state index is 5.91. The molecule has 0 radical (unpaired) electrons. The summed E-state index contributed by atoms with van der Waals surface area (Å²) >= 11 is 0. The Bertz CT molecular complexity index is 413. The normalized spacial score (nSPS) is 16.4. The van der Waals surface area contributed by atoms with E-state index >= 15 is 0 Å². The summed E-state index contributed by atoms with van der Waals surface area (Å²) in [5.41, 5.74) is 7.72. The molecule has 0 spiro atoms. The smallest absolute Gasteiger partial charge is 0.188 e. The standard InChI is InChI=1S/C16H25N3.HI/c1-2-9-16(10-11-16)13-19-15(17)18-12-8-14-6-4-3-5-7-14;/h3-7H,2,8-13H2,1H3,(H3,17,18,19);1H. The zero-order chi connectivity index (χ0) is 13.6. The molecule has 1 saturated carbocycles. The van der Waals surface area contributed by atoms with E-state index in [2.05, 4.69) is 41.5 Å². The van der Waals surface area contributed by atoms with Crippen molar-refractivity contribution in [2.24, 2.45) is 16.1 Å². The number of nitrogens with two attached hydrogens (primary N) is 1. The fourth-order valence-electron chi connectivity index (χ4n) is 2.48. The molecular weight excluding hydrogens is 361 g/mol. The summed E-state index contributed by atoms with van der Waals surface area (Å²) in [7, 11) is 0. The molecule has 0 unspecified atom stereocenters. The monoisotopic (exact) mass is 387 g/mol. The predicted molar refractivity (Wildman–Crippen MR) is 96.6 cm³/mol. The molecule has 1 aliphatic carbocycles. The van der Waals surface area contributed by atoms with Crippen LogP contribution in [-0.4, -0.2) is 19.0 Å². The van der Waals surface area contributed by atoms with Crippen molar-refractivity contribution in [1.29, 1.82) is 0 Å². The van der Waals surface area contributed by atoms with Gasteiger partial charge in [-0.05, 0) is 36.7 Å². The van der Waals surface area contributed by atoms with E-state index in [1.807, 2.05) is 6.07 Å². The van der Waals surface area contributed by atoms with Crippen LogP contribution in [0.3, 0.4) is 0 Å². The van der Waals surface area contributed by atoms with Crippen molar-refractivity contribution in [2.45, 2.75) is 39.0 Å². The first-order chi connectivity index (χ1) is 9.24. The quantitative estimate of drug-likeness (QED) is 0.428. The molecule has 0 aromatic heterocycles. The molecule has 1 fully saturated rings. The van der Waals surface area contributed by atoms with E-state index in [0.29, 0.717) is 11.4 Å². The second kappa shape index (κ2) is 8.49. The van der Waals surface area contributed by atoms with Gasteiger partial charge in [-0.2, -0.15) is 0 Å². The molecule has 4 heteroatoms. The number of nitrogens with one attached hydrogen (secondary N) is 1. The Morgan fingerprint density at radius 2 is 2.00 bits per heavy atom. The summed E-state index contributed by atoms with van der Waals surface area (Å²) in [5.74, 6) is 0.596. The van der Waals surface area contributed by atoms with E-state index in [9.17, 15) is 0 Å². The number of nitrogens with zero attached hydrogens (tertiary/aromatic N) is 1. The van der Waals surface area contributed by atoms with Gasteiger partial charge >= 0.3 is 0 Å². The van der Waals surface area contributed by atoms with Gasteiger partial charge in [-0.3, -0.25) is 4.99 Å². The first-order valence-corrected chi connectivity index (χ1v) is 7.32. The van der Waals surface area contributed by atoms with Gasteiger partial charge in [-0.25, -0.2) is 0 Å². The number of rotatable bonds is 7. The van der Waals surface area contributed by atoms with Gasteiger partial charge in [-0.15, -0.1) is 24.0 Å². The Morgan fingerprint density at radius 1 is 1.30 bits per heavy atom. The molecule has 1 aromatic rings. The van der Waals surface area contributed by atoms with E-state index in [1.165, 1.54) is 31.2 Å². The number of hydrogen-bond acceptors (Lipinski definition) is 1. The molecule has 20 heavy (non-hydrogen) atoms. The molecule has 3 nitrogen and oxygen atoms in total. The number of guanidine groups is 1. The van der Waals surface area contributed by atoms with Crippen molar-refractivity contribution in [3.05, 3.63) is 35.9 Å². The Hall–Kier alpha value is -0.780. The van der Waals surface area contributed by atoms with Crippen molar-refractivity contribution in [2.75, 3.05) is 13.1 Å². The van der Waals surface area contributed by atoms with Gasteiger partial charge in [0.2, 0.25) is 0 Å². The molecule has 0 aliphatic heterocycles. The lowest BCUT2D eigenvalue weighted by Gasteiger charge is -2.11. The molecule has 0 atom stereocenters. The first-order valence-electron chi connectivity index (χ1n) is 7.32. The second-order valence-corrected chi connectivity index (χ2v) is 5.61. The van der Waals surface area contributed by atoms with E-state index < -0.39 is 0 Å². The molecule has 0 saturated heterocycles. The van der Waals surface area contributed by atoms with Crippen LogP contribution >= 0.6 is 24.0 Å². The Balaban J connectivity index is 0.00000200. The minimum absolute atomic E-state index is 0. The highest BCUT2D eigenvalue weighted by Gasteiger charge is 2.41. The summed E-state index contributed by atoms with van der Waals surface area (Å²) < 4.78 is 0. The van der Waals surface area contributed by atoms with Crippen molar-refractivity contribution in [3.8, 4) is 0 Å². The van der Waals surface area contributed by atoms with Crippen molar-refractivity contribution in [1.82, 2.24) is 5.32 Å². The lowest BCUT2D eigenvalue weighted by Crippen LogP contribution is -2.33. The van der Waals surface area contributed by atoms with Crippen LogP contribution in [-0.2, 0) is 6.42 Å².